The van der Waals surface area contributed by atoms with Gasteiger partial charge >= 0.3 is 5.97 Å². The van der Waals surface area contributed by atoms with Crippen LogP contribution in [0.4, 0.5) is 0 Å². The first-order valence-corrected chi connectivity index (χ1v) is 7.73. The first-order chi connectivity index (χ1) is 9.25. The van der Waals surface area contributed by atoms with Crippen molar-refractivity contribution < 1.29 is 9.53 Å². The van der Waals surface area contributed by atoms with Gasteiger partial charge in [-0.1, -0.05) is 30.4 Å². The lowest BCUT2D eigenvalue weighted by Crippen LogP contribution is -2.16. The highest BCUT2D eigenvalue weighted by molar-refractivity contribution is 8.00. The first-order valence-electron chi connectivity index (χ1n) is 6.75. The van der Waals surface area contributed by atoms with Crippen LogP contribution < -0.4 is 0 Å². The van der Waals surface area contributed by atoms with Gasteiger partial charge in [-0.25, -0.2) is 0 Å². The second kappa shape index (κ2) is 7.39. The highest BCUT2D eigenvalue weighted by Crippen LogP contribution is 2.22. The minimum atomic E-state index is -0.109. The van der Waals surface area contributed by atoms with Crippen LogP contribution in [0, 0.1) is 12.8 Å². The SMILES string of the molecule is Cc1ccccc1SCC(=O)OCC1CC=CCC1. The van der Waals surface area contributed by atoms with E-state index in [0.29, 0.717) is 18.3 Å². The van der Waals surface area contributed by atoms with Crippen LogP contribution in [0.5, 0.6) is 0 Å². The molecule has 0 heterocycles. The Morgan fingerprint density at radius 2 is 2.21 bits per heavy atom. The number of hydrogen-bond donors (Lipinski definition) is 0. The zero-order valence-electron chi connectivity index (χ0n) is 11.3. The van der Waals surface area contributed by atoms with Crippen LogP contribution in [0.3, 0.4) is 0 Å². The molecular formula is C16H20O2S. The fraction of sp³-hybridized carbons (Fsp3) is 0.438. The second-order valence-corrected chi connectivity index (χ2v) is 5.90. The molecule has 0 amide bonds. The van der Waals surface area contributed by atoms with Crippen LogP contribution in [0.2, 0.25) is 0 Å². The lowest BCUT2D eigenvalue weighted by atomic mass is 9.95. The Kier molecular flexibility index (Phi) is 5.52. The summed E-state index contributed by atoms with van der Waals surface area (Å²) >= 11 is 1.55. The number of allylic oxidation sites excluding steroid dienone is 2. The van der Waals surface area contributed by atoms with Gasteiger partial charge in [0.2, 0.25) is 0 Å². The Labute approximate surface area is 119 Å². The Hall–Kier alpha value is -1.22. The molecule has 0 aliphatic heterocycles. The minimum Gasteiger partial charge on any atom is -0.465 e. The fourth-order valence-corrected chi connectivity index (χ4v) is 2.94. The Balaban J connectivity index is 1.70. The first kappa shape index (κ1) is 14.2. The smallest absolute Gasteiger partial charge is 0.316 e. The molecule has 0 bridgehead atoms. The van der Waals surface area contributed by atoms with Gasteiger partial charge in [0.15, 0.2) is 0 Å². The van der Waals surface area contributed by atoms with Crippen LogP contribution in [-0.2, 0) is 9.53 Å². The zero-order valence-corrected chi connectivity index (χ0v) is 12.1. The fourth-order valence-electron chi connectivity index (χ4n) is 2.12. The van der Waals surface area contributed by atoms with Gasteiger partial charge in [0.25, 0.3) is 0 Å². The summed E-state index contributed by atoms with van der Waals surface area (Å²) in [5, 5.41) is 0. The van der Waals surface area contributed by atoms with Gasteiger partial charge in [0.05, 0.1) is 12.4 Å². The van der Waals surface area contributed by atoms with E-state index in [-0.39, 0.29) is 5.97 Å². The Morgan fingerprint density at radius 3 is 2.95 bits per heavy atom. The largest absolute Gasteiger partial charge is 0.465 e. The maximum absolute atomic E-state index is 11.7. The summed E-state index contributed by atoms with van der Waals surface area (Å²) < 4.78 is 5.35. The van der Waals surface area contributed by atoms with Gasteiger partial charge in [-0.3, -0.25) is 4.79 Å². The van der Waals surface area contributed by atoms with Crippen molar-refractivity contribution >= 4 is 17.7 Å². The van der Waals surface area contributed by atoms with E-state index in [1.54, 1.807) is 11.8 Å². The number of esters is 1. The topological polar surface area (TPSA) is 26.3 Å². The molecule has 0 radical (unpaired) electrons. The number of aryl methyl sites for hydroxylation is 1. The third kappa shape index (κ3) is 4.75. The highest BCUT2D eigenvalue weighted by Gasteiger charge is 2.13. The molecule has 1 aliphatic carbocycles. The standard InChI is InChI=1S/C16H20O2S/c1-13-7-5-6-10-15(13)19-12-16(17)18-11-14-8-3-2-4-9-14/h2-3,5-7,10,14H,4,8-9,11-12H2,1H3. The average Bonchev–Trinajstić information content (AvgIpc) is 2.45. The van der Waals surface area contributed by atoms with E-state index in [2.05, 4.69) is 25.1 Å². The summed E-state index contributed by atoms with van der Waals surface area (Å²) in [6.07, 6.45) is 7.67. The average molecular weight is 276 g/mol. The van der Waals surface area contributed by atoms with Crippen molar-refractivity contribution in [2.45, 2.75) is 31.1 Å². The number of hydrogen-bond acceptors (Lipinski definition) is 3. The van der Waals surface area contributed by atoms with Crippen molar-refractivity contribution in [3.8, 4) is 0 Å². The summed E-state index contributed by atoms with van der Waals surface area (Å²) in [7, 11) is 0. The van der Waals surface area contributed by atoms with Crippen molar-refractivity contribution in [2.75, 3.05) is 12.4 Å². The molecule has 1 atom stereocenters. The van der Waals surface area contributed by atoms with Gasteiger partial charge in [-0.05, 0) is 43.7 Å². The van der Waals surface area contributed by atoms with E-state index in [0.717, 1.165) is 24.2 Å². The maximum Gasteiger partial charge on any atom is 0.316 e. The number of rotatable bonds is 5. The molecule has 0 saturated heterocycles. The lowest BCUT2D eigenvalue weighted by Gasteiger charge is -2.17. The third-order valence-corrected chi connectivity index (χ3v) is 4.45. The van der Waals surface area contributed by atoms with Gasteiger partial charge < -0.3 is 4.74 Å². The summed E-state index contributed by atoms with van der Waals surface area (Å²) in [4.78, 5) is 12.9. The lowest BCUT2D eigenvalue weighted by molar-refractivity contribution is -0.141. The quantitative estimate of drug-likeness (QED) is 0.462. The van der Waals surface area contributed by atoms with E-state index in [4.69, 9.17) is 4.74 Å². The van der Waals surface area contributed by atoms with Crippen molar-refractivity contribution in [1.29, 1.82) is 0 Å². The highest BCUT2D eigenvalue weighted by atomic mass is 32.2. The van der Waals surface area contributed by atoms with E-state index in [9.17, 15) is 4.79 Å². The van der Waals surface area contributed by atoms with E-state index in [1.165, 1.54) is 5.56 Å². The predicted octanol–water partition coefficient (Wildman–Crippen LogP) is 3.99. The minimum absolute atomic E-state index is 0.109. The number of carbonyl (C=O) groups excluding carboxylic acids is 1. The number of carbonyl (C=O) groups is 1. The van der Waals surface area contributed by atoms with Crippen LogP contribution in [-0.4, -0.2) is 18.3 Å². The van der Waals surface area contributed by atoms with Crippen LogP contribution in [0.15, 0.2) is 41.3 Å². The predicted molar refractivity (Wildman–Crippen MR) is 79.3 cm³/mol. The molecule has 3 heteroatoms. The maximum atomic E-state index is 11.7. The van der Waals surface area contributed by atoms with E-state index >= 15 is 0 Å². The monoisotopic (exact) mass is 276 g/mol. The molecule has 0 fully saturated rings. The zero-order chi connectivity index (χ0) is 13.5. The summed E-state index contributed by atoms with van der Waals surface area (Å²) in [5.41, 5.74) is 1.21. The van der Waals surface area contributed by atoms with E-state index < -0.39 is 0 Å². The normalized spacial score (nSPS) is 18.3. The van der Waals surface area contributed by atoms with Crippen LogP contribution in [0.1, 0.15) is 24.8 Å². The van der Waals surface area contributed by atoms with Gasteiger partial charge in [-0.2, -0.15) is 0 Å². The van der Waals surface area contributed by atoms with Crippen LogP contribution >= 0.6 is 11.8 Å². The number of benzene rings is 1. The Bertz CT molecular complexity index is 454. The molecule has 0 spiro atoms. The molecule has 1 aromatic rings. The van der Waals surface area contributed by atoms with Gasteiger partial charge in [0, 0.05) is 4.90 Å². The van der Waals surface area contributed by atoms with E-state index in [1.807, 2.05) is 18.2 Å². The molecule has 1 aliphatic rings. The van der Waals surface area contributed by atoms with Crippen molar-refractivity contribution in [3.05, 3.63) is 42.0 Å². The molecule has 0 aromatic heterocycles. The van der Waals surface area contributed by atoms with Gasteiger partial charge in [0.1, 0.15) is 0 Å². The molecule has 2 nitrogen and oxygen atoms in total. The van der Waals surface area contributed by atoms with Crippen molar-refractivity contribution in [3.63, 3.8) is 0 Å². The second-order valence-electron chi connectivity index (χ2n) is 4.89. The third-order valence-electron chi connectivity index (χ3n) is 3.30. The summed E-state index contributed by atoms with van der Waals surface area (Å²) in [6, 6.07) is 8.10. The molecule has 2 rings (SSSR count). The molecule has 0 saturated carbocycles. The molecule has 19 heavy (non-hydrogen) atoms. The number of thioether (sulfide) groups is 1. The summed E-state index contributed by atoms with van der Waals surface area (Å²) in [5.74, 6) is 0.799. The van der Waals surface area contributed by atoms with Gasteiger partial charge in [-0.15, -0.1) is 11.8 Å². The molecule has 1 unspecified atom stereocenters. The van der Waals surface area contributed by atoms with Crippen molar-refractivity contribution in [2.24, 2.45) is 5.92 Å². The van der Waals surface area contributed by atoms with Crippen molar-refractivity contribution in [1.82, 2.24) is 0 Å². The summed E-state index contributed by atoms with van der Waals surface area (Å²) in [6.45, 7) is 2.62. The van der Waals surface area contributed by atoms with Crippen LogP contribution in [0.25, 0.3) is 0 Å². The Morgan fingerprint density at radius 1 is 1.37 bits per heavy atom. The molecule has 0 N–H and O–H groups in total. The molecular weight excluding hydrogens is 256 g/mol. The molecule has 102 valence electrons. The number of ether oxygens (including phenoxy) is 1. The molecule has 1 aromatic carbocycles.